The summed E-state index contributed by atoms with van der Waals surface area (Å²) < 4.78 is 0. The van der Waals surface area contributed by atoms with Crippen molar-refractivity contribution >= 4 is 23.4 Å². The molecule has 0 saturated carbocycles. The van der Waals surface area contributed by atoms with E-state index in [0.29, 0.717) is 6.04 Å². The molecule has 0 atom stereocenters. The van der Waals surface area contributed by atoms with Gasteiger partial charge in [-0.3, -0.25) is 0 Å². The number of hydrogen-bond donors (Lipinski definition) is 1. The van der Waals surface area contributed by atoms with Crippen LogP contribution in [-0.4, -0.2) is 16.0 Å². The Kier molecular flexibility index (Phi) is 5.19. The smallest absolute Gasteiger partial charge is 0.116 e. The highest BCUT2D eigenvalue weighted by Crippen LogP contribution is 2.32. The van der Waals surface area contributed by atoms with Gasteiger partial charge in [-0.1, -0.05) is 43.3 Å². The standard InChI is InChI=1S/C14H16ClN3S/c1-10(2)17-8-11-12(15)4-3-5-13(11)19-14-6-7-16-9-18-14/h3-7,9-10,17H,8H2,1-2H3. The second kappa shape index (κ2) is 6.89. The maximum atomic E-state index is 6.29. The summed E-state index contributed by atoms with van der Waals surface area (Å²) in [5.74, 6) is 0. The zero-order valence-corrected chi connectivity index (χ0v) is 12.5. The predicted molar refractivity (Wildman–Crippen MR) is 79.6 cm³/mol. The van der Waals surface area contributed by atoms with Crippen LogP contribution in [0, 0.1) is 0 Å². The van der Waals surface area contributed by atoms with E-state index in [1.807, 2.05) is 18.2 Å². The lowest BCUT2D eigenvalue weighted by molar-refractivity contribution is 0.585. The van der Waals surface area contributed by atoms with Crippen molar-refractivity contribution in [3.63, 3.8) is 0 Å². The third-order valence-corrected chi connectivity index (χ3v) is 3.94. The third-order valence-electron chi connectivity index (χ3n) is 2.53. The van der Waals surface area contributed by atoms with Crippen molar-refractivity contribution in [3.05, 3.63) is 47.4 Å². The number of halogens is 1. The molecule has 0 unspecified atom stereocenters. The lowest BCUT2D eigenvalue weighted by Gasteiger charge is -2.13. The fourth-order valence-electron chi connectivity index (χ4n) is 1.56. The van der Waals surface area contributed by atoms with E-state index in [-0.39, 0.29) is 0 Å². The molecule has 3 nitrogen and oxygen atoms in total. The van der Waals surface area contributed by atoms with Crippen LogP contribution < -0.4 is 5.32 Å². The van der Waals surface area contributed by atoms with Gasteiger partial charge in [-0.05, 0) is 23.8 Å². The highest BCUT2D eigenvalue weighted by atomic mass is 35.5. The van der Waals surface area contributed by atoms with Crippen molar-refractivity contribution in [1.82, 2.24) is 15.3 Å². The SMILES string of the molecule is CC(C)NCc1c(Cl)cccc1Sc1ccncn1. The van der Waals surface area contributed by atoms with Gasteiger partial charge in [0, 0.05) is 28.7 Å². The fourth-order valence-corrected chi connectivity index (χ4v) is 2.77. The number of rotatable bonds is 5. The Bertz CT molecular complexity index is 531. The van der Waals surface area contributed by atoms with Crippen LogP contribution in [0.2, 0.25) is 5.02 Å². The summed E-state index contributed by atoms with van der Waals surface area (Å²) in [7, 11) is 0. The Balaban J connectivity index is 2.22. The number of benzene rings is 1. The molecule has 0 radical (unpaired) electrons. The lowest BCUT2D eigenvalue weighted by atomic mass is 10.2. The number of aromatic nitrogens is 2. The van der Waals surface area contributed by atoms with Crippen LogP contribution in [0.25, 0.3) is 0 Å². The zero-order valence-electron chi connectivity index (χ0n) is 10.9. The van der Waals surface area contributed by atoms with Crippen LogP contribution in [-0.2, 0) is 6.54 Å². The first-order valence-electron chi connectivity index (χ1n) is 6.11. The molecule has 0 spiro atoms. The monoisotopic (exact) mass is 293 g/mol. The van der Waals surface area contributed by atoms with Crippen LogP contribution in [0.15, 0.2) is 46.7 Å². The van der Waals surface area contributed by atoms with Gasteiger partial charge in [-0.25, -0.2) is 9.97 Å². The molecule has 100 valence electrons. The van der Waals surface area contributed by atoms with Gasteiger partial charge in [-0.15, -0.1) is 0 Å². The molecule has 1 aromatic heterocycles. The first-order valence-corrected chi connectivity index (χ1v) is 7.31. The fraction of sp³-hybridized carbons (Fsp3) is 0.286. The van der Waals surface area contributed by atoms with E-state index in [1.54, 1.807) is 24.3 Å². The predicted octanol–water partition coefficient (Wildman–Crippen LogP) is 3.78. The Morgan fingerprint density at radius 2 is 2.16 bits per heavy atom. The van der Waals surface area contributed by atoms with Crippen LogP contribution in [0.5, 0.6) is 0 Å². The van der Waals surface area contributed by atoms with Crippen molar-refractivity contribution in [2.45, 2.75) is 36.4 Å². The molecule has 2 rings (SSSR count). The first-order chi connectivity index (χ1) is 9.16. The average molecular weight is 294 g/mol. The summed E-state index contributed by atoms with van der Waals surface area (Å²) in [5.41, 5.74) is 1.11. The highest BCUT2D eigenvalue weighted by Gasteiger charge is 2.09. The van der Waals surface area contributed by atoms with Gasteiger partial charge in [0.2, 0.25) is 0 Å². The van der Waals surface area contributed by atoms with Crippen LogP contribution in [0.1, 0.15) is 19.4 Å². The molecule has 0 fully saturated rings. The summed E-state index contributed by atoms with van der Waals surface area (Å²) in [6.45, 7) is 4.99. The quantitative estimate of drug-likeness (QED) is 0.852. The van der Waals surface area contributed by atoms with E-state index in [4.69, 9.17) is 11.6 Å². The molecule has 0 aliphatic rings. The molecule has 19 heavy (non-hydrogen) atoms. The van der Waals surface area contributed by atoms with Gasteiger partial charge in [0.05, 0.1) is 0 Å². The molecule has 0 amide bonds. The topological polar surface area (TPSA) is 37.8 Å². The Hall–Kier alpha value is -1.10. The second-order valence-corrected chi connectivity index (χ2v) is 5.87. The zero-order chi connectivity index (χ0) is 13.7. The van der Waals surface area contributed by atoms with E-state index in [0.717, 1.165) is 27.1 Å². The minimum atomic E-state index is 0.424. The van der Waals surface area contributed by atoms with Crippen molar-refractivity contribution in [1.29, 1.82) is 0 Å². The molecule has 1 N–H and O–H groups in total. The Morgan fingerprint density at radius 1 is 1.32 bits per heavy atom. The molecule has 2 aromatic rings. The van der Waals surface area contributed by atoms with E-state index in [1.165, 1.54) is 0 Å². The minimum Gasteiger partial charge on any atom is -0.310 e. The van der Waals surface area contributed by atoms with Gasteiger partial charge in [0.15, 0.2) is 0 Å². The van der Waals surface area contributed by atoms with Crippen LogP contribution >= 0.6 is 23.4 Å². The molecule has 0 bridgehead atoms. The molecule has 0 aliphatic heterocycles. The second-order valence-electron chi connectivity index (χ2n) is 4.40. The van der Waals surface area contributed by atoms with E-state index < -0.39 is 0 Å². The maximum absolute atomic E-state index is 6.29. The van der Waals surface area contributed by atoms with Gasteiger partial charge in [-0.2, -0.15) is 0 Å². The number of hydrogen-bond acceptors (Lipinski definition) is 4. The van der Waals surface area contributed by atoms with Crippen LogP contribution in [0.3, 0.4) is 0 Å². The molecular formula is C14H16ClN3S. The summed E-state index contributed by atoms with van der Waals surface area (Å²) in [4.78, 5) is 9.28. The molecule has 0 aliphatic carbocycles. The van der Waals surface area contributed by atoms with Gasteiger partial charge in [0.25, 0.3) is 0 Å². The van der Waals surface area contributed by atoms with E-state index in [2.05, 4.69) is 35.2 Å². The van der Waals surface area contributed by atoms with Crippen LogP contribution in [0.4, 0.5) is 0 Å². The lowest BCUT2D eigenvalue weighted by Crippen LogP contribution is -2.22. The summed E-state index contributed by atoms with van der Waals surface area (Å²) in [6, 6.07) is 8.27. The van der Waals surface area contributed by atoms with Crippen molar-refractivity contribution < 1.29 is 0 Å². The van der Waals surface area contributed by atoms with Crippen molar-refractivity contribution in [2.24, 2.45) is 0 Å². The van der Waals surface area contributed by atoms with Gasteiger partial charge >= 0.3 is 0 Å². The Labute approximate surface area is 122 Å². The highest BCUT2D eigenvalue weighted by molar-refractivity contribution is 7.99. The molecule has 1 aromatic carbocycles. The average Bonchev–Trinajstić information content (AvgIpc) is 2.39. The Morgan fingerprint density at radius 3 is 2.84 bits per heavy atom. The largest absolute Gasteiger partial charge is 0.310 e. The van der Waals surface area contributed by atoms with Crippen molar-refractivity contribution in [2.75, 3.05) is 0 Å². The summed E-state index contributed by atoms with van der Waals surface area (Å²) >= 11 is 7.90. The van der Waals surface area contributed by atoms with Gasteiger partial charge in [0.1, 0.15) is 11.4 Å². The number of nitrogens with zero attached hydrogens (tertiary/aromatic N) is 2. The maximum Gasteiger partial charge on any atom is 0.116 e. The molecule has 5 heteroatoms. The van der Waals surface area contributed by atoms with E-state index >= 15 is 0 Å². The minimum absolute atomic E-state index is 0.424. The van der Waals surface area contributed by atoms with Crippen molar-refractivity contribution in [3.8, 4) is 0 Å². The third kappa shape index (κ3) is 4.20. The molecule has 1 heterocycles. The first kappa shape index (κ1) is 14.3. The van der Waals surface area contributed by atoms with E-state index in [9.17, 15) is 0 Å². The van der Waals surface area contributed by atoms with Gasteiger partial charge < -0.3 is 5.32 Å². The normalized spacial score (nSPS) is 10.9. The summed E-state index contributed by atoms with van der Waals surface area (Å²) in [6.07, 6.45) is 3.30. The summed E-state index contributed by atoms with van der Waals surface area (Å²) in [5, 5.41) is 5.10. The molecule has 0 saturated heterocycles. The number of nitrogens with one attached hydrogen (secondary N) is 1. The molecular weight excluding hydrogens is 278 g/mol.